The van der Waals surface area contributed by atoms with Crippen molar-refractivity contribution in [1.29, 1.82) is 0 Å². The maximum atomic E-state index is 13.0. The fraction of sp³-hybridized carbons (Fsp3) is 0.423. The second kappa shape index (κ2) is 10.7. The summed E-state index contributed by atoms with van der Waals surface area (Å²) in [5, 5.41) is 9.69. The molecule has 3 aromatic rings. The first-order valence-electron chi connectivity index (χ1n) is 12.0. The molecule has 35 heavy (non-hydrogen) atoms. The molecule has 0 atom stereocenters. The van der Waals surface area contributed by atoms with Gasteiger partial charge in [0.25, 0.3) is 0 Å². The minimum atomic E-state index is 0.149. The van der Waals surface area contributed by atoms with Gasteiger partial charge in [-0.3, -0.25) is 14.3 Å². The van der Waals surface area contributed by atoms with Crippen LogP contribution >= 0.6 is 11.8 Å². The van der Waals surface area contributed by atoms with Gasteiger partial charge in [0, 0.05) is 44.3 Å². The Morgan fingerprint density at radius 2 is 1.71 bits per heavy atom. The van der Waals surface area contributed by atoms with Gasteiger partial charge in [-0.2, -0.15) is 0 Å². The number of nitrogens with zero attached hydrogens (tertiary/aromatic N) is 5. The number of piperazine rings is 1. The summed E-state index contributed by atoms with van der Waals surface area (Å²) in [7, 11) is 3.29. The third kappa shape index (κ3) is 5.46. The highest BCUT2D eigenvalue weighted by atomic mass is 32.2. The number of benzene rings is 2. The predicted octanol–water partition coefficient (Wildman–Crippen LogP) is 3.60. The fourth-order valence-corrected chi connectivity index (χ4v) is 5.27. The lowest BCUT2D eigenvalue weighted by Crippen LogP contribution is -2.48. The molecule has 0 unspecified atom stereocenters. The van der Waals surface area contributed by atoms with Crippen LogP contribution in [0, 0.1) is 0 Å². The third-order valence-corrected chi connectivity index (χ3v) is 7.43. The normalized spacial score (nSPS) is 16.3. The molecular weight excluding hydrogens is 462 g/mol. The van der Waals surface area contributed by atoms with E-state index in [1.54, 1.807) is 14.2 Å². The number of hydrogen-bond acceptors (Lipinski definition) is 7. The molecule has 0 spiro atoms. The standard InChI is InChI=1S/C26H31N5O3S/c1-33-22-11-8-19(16-23(22)34-2)17-29-12-14-30(15-13-29)24(32)18-35-26-28-27-25(20-9-10-20)31(26)21-6-4-3-5-7-21/h3-8,11,16,20H,9-10,12-15,17-18H2,1-2H3. The molecule has 5 rings (SSSR count). The summed E-state index contributed by atoms with van der Waals surface area (Å²) in [6.45, 7) is 3.96. The van der Waals surface area contributed by atoms with Gasteiger partial charge in [0.1, 0.15) is 5.82 Å². The van der Waals surface area contributed by atoms with Gasteiger partial charge in [0.15, 0.2) is 16.7 Å². The van der Waals surface area contributed by atoms with Crippen molar-refractivity contribution in [3.8, 4) is 17.2 Å². The van der Waals surface area contributed by atoms with Crippen molar-refractivity contribution < 1.29 is 14.3 Å². The second-order valence-electron chi connectivity index (χ2n) is 8.92. The van der Waals surface area contributed by atoms with Gasteiger partial charge in [-0.25, -0.2) is 0 Å². The van der Waals surface area contributed by atoms with Gasteiger partial charge in [-0.1, -0.05) is 36.0 Å². The number of thioether (sulfide) groups is 1. The highest BCUT2D eigenvalue weighted by Crippen LogP contribution is 2.41. The zero-order valence-electron chi connectivity index (χ0n) is 20.2. The Morgan fingerprint density at radius 1 is 0.971 bits per heavy atom. The molecule has 8 nitrogen and oxygen atoms in total. The maximum Gasteiger partial charge on any atom is 0.233 e. The highest BCUT2D eigenvalue weighted by Gasteiger charge is 2.31. The first-order chi connectivity index (χ1) is 17.2. The molecular formula is C26H31N5O3S. The molecule has 1 aromatic heterocycles. The van der Waals surface area contributed by atoms with Gasteiger partial charge >= 0.3 is 0 Å². The van der Waals surface area contributed by atoms with Gasteiger partial charge in [0.2, 0.25) is 5.91 Å². The number of methoxy groups -OCH3 is 2. The minimum Gasteiger partial charge on any atom is -0.493 e. The summed E-state index contributed by atoms with van der Waals surface area (Å²) < 4.78 is 12.9. The van der Waals surface area contributed by atoms with E-state index in [1.165, 1.54) is 17.3 Å². The molecule has 0 bridgehead atoms. The Labute approximate surface area is 210 Å². The van der Waals surface area contributed by atoms with Crippen molar-refractivity contribution in [3.63, 3.8) is 0 Å². The Balaban J connectivity index is 1.16. The number of hydrogen-bond donors (Lipinski definition) is 0. The van der Waals surface area contributed by atoms with E-state index in [4.69, 9.17) is 9.47 Å². The summed E-state index contributed by atoms with van der Waals surface area (Å²) >= 11 is 1.48. The van der Waals surface area contributed by atoms with E-state index in [1.807, 2.05) is 35.2 Å². The lowest BCUT2D eigenvalue weighted by Gasteiger charge is -2.34. The van der Waals surface area contributed by atoms with E-state index in [0.717, 1.165) is 73.7 Å². The quantitative estimate of drug-likeness (QED) is 0.422. The van der Waals surface area contributed by atoms with E-state index < -0.39 is 0 Å². The number of ether oxygens (including phenoxy) is 2. The monoisotopic (exact) mass is 493 g/mol. The van der Waals surface area contributed by atoms with Crippen LogP contribution < -0.4 is 9.47 Å². The lowest BCUT2D eigenvalue weighted by atomic mass is 10.1. The number of amides is 1. The molecule has 1 aliphatic heterocycles. The zero-order valence-corrected chi connectivity index (χ0v) is 21.0. The smallest absolute Gasteiger partial charge is 0.233 e. The number of aromatic nitrogens is 3. The largest absolute Gasteiger partial charge is 0.493 e. The number of carbonyl (C=O) groups is 1. The van der Waals surface area contributed by atoms with Crippen LogP contribution in [0.1, 0.15) is 30.1 Å². The van der Waals surface area contributed by atoms with Crippen molar-refractivity contribution in [2.75, 3.05) is 46.2 Å². The average Bonchev–Trinajstić information content (AvgIpc) is 3.67. The maximum absolute atomic E-state index is 13.0. The van der Waals surface area contributed by atoms with E-state index in [9.17, 15) is 4.79 Å². The van der Waals surface area contributed by atoms with Gasteiger partial charge in [-0.15, -0.1) is 10.2 Å². The molecule has 184 valence electrons. The summed E-state index contributed by atoms with van der Waals surface area (Å²) in [6, 6.07) is 16.2. The van der Waals surface area contributed by atoms with Crippen LogP contribution in [0.3, 0.4) is 0 Å². The SMILES string of the molecule is COc1ccc(CN2CCN(C(=O)CSc3nnc(C4CC4)n3-c3ccccc3)CC2)cc1OC. The number of para-hydroxylation sites is 1. The lowest BCUT2D eigenvalue weighted by molar-refractivity contribution is -0.130. The van der Waals surface area contributed by atoms with E-state index in [-0.39, 0.29) is 5.91 Å². The van der Waals surface area contributed by atoms with Crippen molar-refractivity contribution >= 4 is 17.7 Å². The van der Waals surface area contributed by atoms with E-state index >= 15 is 0 Å². The molecule has 1 saturated heterocycles. The highest BCUT2D eigenvalue weighted by molar-refractivity contribution is 7.99. The molecule has 2 aromatic carbocycles. The Kier molecular flexibility index (Phi) is 7.24. The summed E-state index contributed by atoms with van der Waals surface area (Å²) in [5.41, 5.74) is 2.22. The summed E-state index contributed by atoms with van der Waals surface area (Å²) in [5.74, 6) is 3.48. The molecule has 1 aliphatic carbocycles. The van der Waals surface area contributed by atoms with Crippen molar-refractivity contribution in [3.05, 3.63) is 59.9 Å². The molecule has 0 N–H and O–H groups in total. The van der Waals surface area contributed by atoms with Crippen LogP contribution in [-0.2, 0) is 11.3 Å². The van der Waals surface area contributed by atoms with E-state index in [2.05, 4.69) is 37.9 Å². The molecule has 0 radical (unpaired) electrons. The fourth-order valence-electron chi connectivity index (χ4n) is 4.41. The molecule has 2 heterocycles. The molecule has 2 fully saturated rings. The molecule has 2 aliphatic rings. The third-order valence-electron chi connectivity index (χ3n) is 6.52. The summed E-state index contributed by atoms with van der Waals surface area (Å²) in [6.07, 6.45) is 2.31. The second-order valence-corrected chi connectivity index (χ2v) is 9.86. The van der Waals surface area contributed by atoms with Crippen LogP contribution in [-0.4, -0.2) is 76.6 Å². The molecule has 1 amide bonds. The van der Waals surface area contributed by atoms with Gasteiger partial charge < -0.3 is 14.4 Å². The van der Waals surface area contributed by atoms with Crippen LogP contribution in [0.4, 0.5) is 0 Å². The Bertz CT molecular complexity index is 1160. The first-order valence-corrected chi connectivity index (χ1v) is 13.0. The minimum absolute atomic E-state index is 0.149. The Morgan fingerprint density at radius 3 is 2.40 bits per heavy atom. The van der Waals surface area contributed by atoms with Gasteiger partial charge in [0.05, 0.1) is 20.0 Å². The van der Waals surface area contributed by atoms with Crippen molar-refractivity contribution in [2.24, 2.45) is 0 Å². The van der Waals surface area contributed by atoms with Crippen LogP contribution in [0.5, 0.6) is 11.5 Å². The van der Waals surface area contributed by atoms with Crippen molar-refractivity contribution in [2.45, 2.75) is 30.5 Å². The number of carbonyl (C=O) groups excluding carboxylic acids is 1. The van der Waals surface area contributed by atoms with Crippen LogP contribution in [0.2, 0.25) is 0 Å². The Hall–Kier alpha value is -3.04. The topological polar surface area (TPSA) is 72.7 Å². The van der Waals surface area contributed by atoms with Gasteiger partial charge in [-0.05, 0) is 42.7 Å². The van der Waals surface area contributed by atoms with Crippen molar-refractivity contribution in [1.82, 2.24) is 24.6 Å². The van der Waals surface area contributed by atoms with Crippen LogP contribution in [0.15, 0.2) is 53.7 Å². The first kappa shape index (κ1) is 23.7. The molecule has 1 saturated carbocycles. The van der Waals surface area contributed by atoms with E-state index in [0.29, 0.717) is 11.7 Å². The number of rotatable bonds is 9. The zero-order chi connectivity index (χ0) is 24.2. The summed E-state index contributed by atoms with van der Waals surface area (Å²) in [4.78, 5) is 17.3. The van der Waals surface area contributed by atoms with Crippen LogP contribution in [0.25, 0.3) is 5.69 Å². The average molecular weight is 494 g/mol. The predicted molar refractivity (Wildman–Crippen MR) is 135 cm³/mol. The molecule has 9 heteroatoms.